The van der Waals surface area contributed by atoms with Gasteiger partial charge in [-0.15, -0.1) is 0 Å². The van der Waals surface area contributed by atoms with Gasteiger partial charge in [0.2, 0.25) is 0 Å². The van der Waals surface area contributed by atoms with Crippen molar-refractivity contribution in [3.05, 3.63) is 30.0 Å². The van der Waals surface area contributed by atoms with E-state index in [1.54, 1.807) is 45.0 Å². The molecule has 5 nitrogen and oxygen atoms in total. The summed E-state index contributed by atoms with van der Waals surface area (Å²) in [5, 5.41) is 10.6. The Morgan fingerprint density at radius 1 is 1.20 bits per heavy atom. The first-order valence-electron chi connectivity index (χ1n) is 6.29. The molecule has 0 aliphatic carbocycles. The number of para-hydroxylation sites is 1. The number of fused-ring (bicyclic) bond motifs is 1. The van der Waals surface area contributed by atoms with Crippen LogP contribution in [0.4, 0.5) is 4.79 Å². The number of Topliss-reactive ketones (excluding diaryl/α,β-unsaturated/α-hetero) is 1. The fourth-order valence-corrected chi connectivity index (χ4v) is 2.04. The van der Waals surface area contributed by atoms with Gasteiger partial charge in [-0.2, -0.15) is 0 Å². The Bertz CT molecular complexity index is 692. The summed E-state index contributed by atoms with van der Waals surface area (Å²) in [5.41, 5.74) is -0.295. The second-order valence-corrected chi connectivity index (χ2v) is 5.59. The molecule has 0 saturated carbocycles. The number of ether oxygens (including phenoxy) is 1. The standard InChI is InChI=1S/C15H17NO4/c1-9(17)12-13(18)10-7-5-6-8-11(10)16(12)14(19)20-15(2,3)4/h5-8,18H,1-4H3. The van der Waals surface area contributed by atoms with Gasteiger partial charge in [0.15, 0.2) is 11.5 Å². The van der Waals surface area contributed by atoms with Gasteiger partial charge in [-0.1, -0.05) is 12.1 Å². The Morgan fingerprint density at radius 2 is 1.80 bits per heavy atom. The van der Waals surface area contributed by atoms with Crippen LogP contribution in [0, 0.1) is 0 Å². The minimum Gasteiger partial charge on any atom is -0.505 e. The maximum Gasteiger partial charge on any atom is 0.419 e. The molecule has 0 amide bonds. The van der Waals surface area contributed by atoms with E-state index in [1.165, 1.54) is 6.92 Å². The van der Waals surface area contributed by atoms with Crippen molar-refractivity contribution < 1.29 is 19.4 Å². The highest BCUT2D eigenvalue weighted by Gasteiger charge is 2.27. The number of hydrogen-bond acceptors (Lipinski definition) is 4. The zero-order chi connectivity index (χ0) is 15.1. The maximum atomic E-state index is 12.3. The topological polar surface area (TPSA) is 68.5 Å². The quantitative estimate of drug-likeness (QED) is 0.810. The van der Waals surface area contributed by atoms with E-state index in [-0.39, 0.29) is 11.4 Å². The van der Waals surface area contributed by atoms with Crippen LogP contribution in [-0.4, -0.2) is 27.2 Å². The zero-order valence-electron chi connectivity index (χ0n) is 11.9. The summed E-state index contributed by atoms with van der Waals surface area (Å²) in [7, 11) is 0. The fraction of sp³-hybridized carbons (Fsp3) is 0.333. The SMILES string of the molecule is CC(=O)c1c(O)c2ccccc2n1C(=O)OC(C)(C)C. The average Bonchev–Trinajstić information content (AvgIpc) is 2.61. The van der Waals surface area contributed by atoms with Gasteiger partial charge in [0, 0.05) is 12.3 Å². The summed E-state index contributed by atoms with van der Waals surface area (Å²) in [6.45, 7) is 6.52. The minimum atomic E-state index is -0.688. The molecular weight excluding hydrogens is 258 g/mol. The van der Waals surface area contributed by atoms with Crippen molar-refractivity contribution in [1.29, 1.82) is 0 Å². The number of rotatable bonds is 1. The molecule has 0 fully saturated rings. The Morgan fingerprint density at radius 3 is 2.35 bits per heavy atom. The molecule has 0 unspecified atom stereocenters. The molecule has 2 aromatic rings. The van der Waals surface area contributed by atoms with Crippen molar-refractivity contribution >= 4 is 22.8 Å². The molecule has 5 heteroatoms. The second kappa shape index (κ2) is 4.67. The lowest BCUT2D eigenvalue weighted by Crippen LogP contribution is -2.28. The number of aromatic hydroxyl groups is 1. The van der Waals surface area contributed by atoms with Gasteiger partial charge in [-0.25, -0.2) is 9.36 Å². The van der Waals surface area contributed by atoms with Crippen molar-refractivity contribution in [2.75, 3.05) is 0 Å². The summed E-state index contributed by atoms with van der Waals surface area (Å²) >= 11 is 0. The van der Waals surface area contributed by atoms with E-state index < -0.39 is 17.5 Å². The Balaban J connectivity index is 2.70. The summed E-state index contributed by atoms with van der Waals surface area (Å²) in [6.07, 6.45) is -0.681. The third-order valence-electron chi connectivity index (χ3n) is 2.76. The van der Waals surface area contributed by atoms with Gasteiger partial charge < -0.3 is 9.84 Å². The third kappa shape index (κ3) is 2.39. The molecule has 0 bridgehead atoms. The van der Waals surface area contributed by atoms with Crippen molar-refractivity contribution in [3.8, 4) is 5.75 Å². The molecule has 20 heavy (non-hydrogen) atoms. The largest absolute Gasteiger partial charge is 0.505 e. The highest BCUT2D eigenvalue weighted by Crippen LogP contribution is 2.33. The third-order valence-corrected chi connectivity index (χ3v) is 2.76. The number of ketones is 1. The maximum absolute atomic E-state index is 12.3. The molecule has 0 atom stereocenters. The molecule has 1 aromatic heterocycles. The monoisotopic (exact) mass is 275 g/mol. The van der Waals surface area contributed by atoms with Crippen molar-refractivity contribution in [2.45, 2.75) is 33.3 Å². The van der Waals surface area contributed by atoms with E-state index in [1.807, 2.05) is 0 Å². The van der Waals surface area contributed by atoms with Crippen LogP contribution < -0.4 is 0 Å². The normalized spacial score (nSPS) is 11.6. The summed E-state index contributed by atoms with van der Waals surface area (Å²) < 4.78 is 6.42. The number of nitrogens with zero attached hydrogens (tertiary/aromatic N) is 1. The summed E-state index contributed by atoms with van der Waals surface area (Å²) in [4.78, 5) is 24.0. The Hall–Kier alpha value is -2.30. The lowest BCUT2D eigenvalue weighted by Gasteiger charge is -2.20. The first-order valence-corrected chi connectivity index (χ1v) is 6.29. The number of carbonyl (C=O) groups is 2. The minimum absolute atomic E-state index is 0.0551. The number of benzene rings is 1. The van der Waals surface area contributed by atoms with E-state index in [2.05, 4.69) is 0 Å². The Labute approximate surface area is 116 Å². The molecule has 1 aromatic carbocycles. The van der Waals surface area contributed by atoms with Crippen LogP contribution in [0.3, 0.4) is 0 Å². The molecular formula is C15H17NO4. The highest BCUT2D eigenvalue weighted by atomic mass is 16.6. The molecule has 0 aliphatic rings. The molecule has 0 spiro atoms. The molecule has 1 heterocycles. The lowest BCUT2D eigenvalue weighted by molar-refractivity contribution is 0.0535. The predicted octanol–water partition coefficient (Wildman–Crippen LogP) is 3.33. The molecule has 0 saturated heterocycles. The van der Waals surface area contributed by atoms with Crippen molar-refractivity contribution in [2.24, 2.45) is 0 Å². The van der Waals surface area contributed by atoms with Gasteiger partial charge >= 0.3 is 6.09 Å². The van der Waals surface area contributed by atoms with E-state index in [0.717, 1.165) is 4.57 Å². The molecule has 2 rings (SSSR count). The first-order chi connectivity index (χ1) is 9.22. The summed E-state index contributed by atoms with van der Waals surface area (Å²) in [5.74, 6) is -0.594. The first kappa shape index (κ1) is 14.1. The average molecular weight is 275 g/mol. The molecule has 106 valence electrons. The number of carbonyl (C=O) groups excluding carboxylic acids is 2. The van der Waals surface area contributed by atoms with E-state index in [4.69, 9.17) is 4.74 Å². The molecule has 0 radical (unpaired) electrons. The van der Waals surface area contributed by atoms with Gasteiger partial charge in [0.1, 0.15) is 11.3 Å². The molecule has 0 aliphatic heterocycles. The van der Waals surface area contributed by atoms with E-state index in [0.29, 0.717) is 10.9 Å². The number of aromatic nitrogens is 1. The smallest absolute Gasteiger partial charge is 0.419 e. The van der Waals surface area contributed by atoms with Crippen LogP contribution in [0.25, 0.3) is 10.9 Å². The van der Waals surface area contributed by atoms with Gasteiger partial charge in [-0.3, -0.25) is 4.79 Å². The van der Waals surface area contributed by atoms with Gasteiger partial charge in [-0.05, 0) is 32.9 Å². The fourth-order valence-electron chi connectivity index (χ4n) is 2.04. The summed E-state index contributed by atoms with van der Waals surface area (Å²) in [6, 6.07) is 6.77. The van der Waals surface area contributed by atoms with Gasteiger partial charge in [0.05, 0.1) is 5.52 Å². The van der Waals surface area contributed by atoms with Crippen LogP contribution in [0.15, 0.2) is 24.3 Å². The zero-order valence-corrected chi connectivity index (χ0v) is 11.9. The van der Waals surface area contributed by atoms with E-state index >= 15 is 0 Å². The van der Waals surface area contributed by atoms with Gasteiger partial charge in [0.25, 0.3) is 0 Å². The van der Waals surface area contributed by atoms with Crippen LogP contribution in [0.1, 0.15) is 38.2 Å². The van der Waals surface area contributed by atoms with E-state index in [9.17, 15) is 14.7 Å². The van der Waals surface area contributed by atoms with Crippen LogP contribution in [-0.2, 0) is 4.74 Å². The lowest BCUT2D eigenvalue weighted by atomic mass is 10.2. The van der Waals surface area contributed by atoms with Crippen molar-refractivity contribution in [1.82, 2.24) is 4.57 Å². The van der Waals surface area contributed by atoms with Crippen LogP contribution in [0.2, 0.25) is 0 Å². The van der Waals surface area contributed by atoms with Crippen LogP contribution >= 0.6 is 0 Å². The van der Waals surface area contributed by atoms with Crippen LogP contribution in [0.5, 0.6) is 5.75 Å². The Kier molecular flexibility index (Phi) is 3.29. The number of hydrogen-bond donors (Lipinski definition) is 1. The highest BCUT2D eigenvalue weighted by molar-refractivity contribution is 6.08. The second-order valence-electron chi connectivity index (χ2n) is 5.59. The van der Waals surface area contributed by atoms with Crippen molar-refractivity contribution in [3.63, 3.8) is 0 Å². The molecule has 1 N–H and O–H groups in total. The predicted molar refractivity (Wildman–Crippen MR) is 75.2 cm³/mol.